The second-order valence-electron chi connectivity index (χ2n) is 5.18. The third kappa shape index (κ3) is 2.42. The zero-order chi connectivity index (χ0) is 13.2. The Bertz CT molecular complexity index is 451. The highest BCUT2D eigenvalue weighted by atomic mass is 16.5. The van der Waals surface area contributed by atoms with Crippen LogP contribution in [0.2, 0.25) is 0 Å². The van der Waals surface area contributed by atoms with Crippen LogP contribution in [0.3, 0.4) is 0 Å². The van der Waals surface area contributed by atoms with Crippen LogP contribution in [-0.2, 0) is 4.79 Å². The highest BCUT2D eigenvalue weighted by molar-refractivity contribution is 5.96. The van der Waals surface area contributed by atoms with Crippen molar-refractivity contribution in [3.8, 4) is 5.75 Å². The number of carbonyl (C=O) groups excluding carboxylic acids is 1. The third-order valence-corrected chi connectivity index (χ3v) is 3.73. The molecule has 0 spiro atoms. The first-order valence-electron chi connectivity index (χ1n) is 6.30. The molecule has 0 bridgehead atoms. The molecule has 1 saturated carbocycles. The summed E-state index contributed by atoms with van der Waals surface area (Å²) in [4.78, 5) is 12.3. The van der Waals surface area contributed by atoms with Gasteiger partial charge in [-0.3, -0.25) is 4.79 Å². The number of amides is 1. The molecule has 1 fully saturated rings. The van der Waals surface area contributed by atoms with E-state index in [2.05, 4.69) is 5.32 Å². The van der Waals surface area contributed by atoms with Crippen LogP contribution in [0, 0.1) is 5.41 Å². The van der Waals surface area contributed by atoms with E-state index in [0.29, 0.717) is 17.1 Å². The number of nitrogens with two attached hydrogens (primary N) is 1. The first kappa shape index (κ1) is 12.7. The average molecular weight is 248 g/mol. The first-order chi connectivity index (χ1) is 8.55. The van der Waals surface area contributed by atoms with Crippen molar-refractivity contribution in [1.29, 1.82) is 0 Å². The van der Waals surface area contributed by atoms with Gasteiger partial charge < -0.3 is 15.8 Å². The van der Waals surface area contributed by atoms with Gasteiger partial charge in [-0.1, -0.05) is 19.8 Å². The fourth-order valence-electron chi connectivity index (χ4n) is 2.47. The maximum absolute atomic E-state index is 12.3. The summed E-state index contributed by atoms with van der Waals surface area (Å²) in [6.45, 7) is 2.03. The minimum atomic E-state index is -0.244. The lowest BCUT2D eigenvalue weighted by molar-refractivity contribution is -0.124. The van der Waals surface area contributed by atoms with Gasteiger partial charge in [0.25, 0.3) is 0 Å². The Hall–Kier alpha value is -1.71. The van der Waals surface area contributed by atoms with Crippen LogP contribution in [0.5, 0.6) is 5.75 Å². The van der Waals surface area contributed by atoms with Crippen LogP contribution in [0.1, 0.15) is 32.6 Å². The molecule has 1 amide bonds. The van der Waals surface area contributed by atoms with Gasteiger partial charge in [0, 0.05) is 17.2 Å². The van der Waals surface area contributed by atoms with Gasteiger partial charge in [-0.05, 0) is 25.0 Å². The minimum Gasteiger partial charge on any atom is -0.494 e. The highest BCUT2D eigenvalue weighted by Gasteiger charge is 2.36. The normalized spacial score (nSPS) is 17.4. The Balaban J connectivity index is 2.16. The highest BCUT2D eigenvalue weighted by Crippen LogP contribution is 2.39. The molecule has 1 aliphatic carbocycles. The Labute approximate surface area is 108 Å². The average Bonchev–Trinajstić information content (AvgIpc) is 2.79. The van der Waals surface area contributed by atoms with Gasteiger partial charge in [0.05, 0.1) is 12.8 Å². The van der Waals surface area contributed by atoms with E-state index < -0.39 is 0 Å². The number of nitrogen functional groups attached to an aromatic ring is 1. The number of anilines is 2. The van der Waals surface area contributed by atoms with Crippen LogP contribution in [-0.4, -0.2) is 13.0 Å². The van der Waals surface area contributed by atoms with Crippen molar-refractivity contribution in [3.63, 3.8) is 0 Å². The molecular formula is C14H20N2O2. The largest absolute Gasteiger partial charge is 0.494 e. The molecule has 2 rings (SSSR count). The molecule has 0 unspecified atom stereocenters. The van der Waals surface area contributed by atoms with Gasteiger partial charge in [-0.2, -0.15) is 0 Å². The molecular weight excluding hydrogens is 228 g/mol. The smallest absolute Gasteiger partial charge is 0.230 e. The Morgan fingerprint density at radius 3 is 2.67 bits per heavy atom. The van der Waals surface area contributed by atoms with E-state index in [1.54, 1.807) is 25.3 Å². The molecule has 1 aromatic carbocycles. The van der Waals surface area contributed by atoms with Crippen molar-refractivity contribution in [2.75, 3.05) is 18.2 Å². The second-order valence-corrected chi connectivity index (χ2v) is 5.18. The van der Waals surface area contributed by atoms with Crippen LogP contribution >= 0.6 is 0 Å². The molecule has 3 N–H and O–H groups in total. The van der Waals surface area contributed by atoms with E-state index in [1.807, 2.05) is 6.92 Å². The van der Waals surface area contributed by atoms with Crippen LogP contribution < -0.4 is 15.8 Å². The number of nitrogens with one attached hydrogen (secondary N) is 1. The van der Waals surface area contributed by atoms with Crippen molar-refractivity contribution < 1.29 is 9.53 Å². The molecule has 0 aromatic heterocycles. The summed E-state index contributed by atoms with van der Waals surface area (Å²) in [6, 6.07) is 5.26. The van der Waals surface area contributed by atoms with Gasteiger partial charge in [0.15, 0.2) is 0 Å². The molecule has 1 aliphatic rings. The van der Waals surface area contributed by atoms with E-state index in [1.165, 1.54) is 0 Å². The topological polar surface area (TPSA) is 64.3 Å². The molecule has 0 heterocycles. The zero-order valence-corrected chi connectivity index (χ0v) is 11.0. The van der Waals surface area contributed by atoms with Crippen LogP contribution in [0.4, 0.5) is 11.4 Å². The fourth-order valence-corrected chi connectivity index (χ4v) is 2.47. The number of carbonyl (C=O) groups is 1. The summed E-state index contributed by atoms with van der Waals surface area (Å²) in [5, 5.41) is 2.95. The molecule has 4 heteroatoms. The van der Waals surface area contributed by atoms with Gasteiger partial charge >= 0.3 is 0 Å². The van der Waals surface area contributed by atoms with E-state index >= 15 is 0 Å². The summed E-state index contributed by atoms with van der Waals surface area (Å²) < 4.78 is 5.23. The van der Waals surface area contributed by atoms with Crippen molar-refractivity contribution in [3.05, 3.63) is 18.2 Å². The van der Waals surface area contributed by atoms with Crippen LogP contribution in [0.15, 0.2) is 18.2 Å². The predicted octanol–water partition coefficient (Wildman–Crippen LogP) is 2.80. The summed E-state index contributed by atoms with van der Waals surface area (Å²) >= 11 is 0. The number of methoxy groups -OCH3 is 1. The van der Waals surface area contributed by atoms with E-state index in [0.717, 1.165) is 25.7 Å². The molecule has 0 radical (unpaired) electrons. The second kappa shape index (κ2) is 4.88. The number of rotatable bonds is 3. The Kier molecular flexibility index (Phi) is 3.45. The Morgan fingerprint density at radius 1 is 1.39 bits per heavy atom. The Morgan fingerprint density at radius 2 is 2.06 bits per heavy atom. The fraction of sp³-hybridized carbons (Fsp3) is 0.500. The van der Waals surface area contributed by atoms with Crippen molar-refractivity contribution in [2.24, 2.45) is 5.41 Å². The van der Waals surface area contributed by atoms with Gasteiger partial charge in [0.1, 0.15) is 5.75 Å². The summed E-state index contributed by atoms with van der Waals surface area (Å²) in [5.41, 5.74) is 6.75. The van der Waals surface area contributed by atoms with E-state index in [9.17, 15) is 4.79 Å². The lowest BCUT2D eigenvalue weighted by atomic mass is 9.88. The van der Waals surface area contributed by atoms with Gasteiger partial charge in [-0.15, -0.1) is 0 Å². The summed E-state index contributed by atoms with van der Waals surface area (Å²) in [6.07, 6.45) is 4.16. The lowest BCUT2D eigenvalue weighted by Gasteiger charge is -2.23. The number of ether oxygens (including phenoxy) is 1. The summed E-state index contributed by atoms with van der Waals surface area (Å²) in [7, 11) is 1.57. The van der Waals surface area contributed by atoms with Crippen molar-refractivity contribution in [1.82, 2.24) is 0 Å². The molecule has 18 heavy (non-hydrogen) atoms. The third-order valence-electron chi connectivity index (χ3n) is 3.73. The monoisotopic (exact) mass is 248 g/mol. The van der Waals surface area contributed by atoms with E-state index in [-0.39, 0.29) is 11.3 Å². The van der Waals surface area contributed by atoms with E-state index in [4.69, 9.17) is 10.5 Å². The molecule has 98 valence electrons. The maximum atomic E-state index is 12.3. The standard InChI is InChI=1S/C14H20N2O2/c1-14(7-3-4-8-14)13(17)16-11-6-5-10(15)9-12(11)18-2/h5-6,9H,3-4,7-8,15H2,1-2H3,(H,16,17). The minimum absolute atomic E-state index is 0.0723. The van der Waals surface area contributed by atoms with Crippen LogP contribution in [0.25, 0.3) is 0 Å². The van der Waals surface area contributed by atoms with Crippen molar-refractivity contribution >= 4 is 17.3 Å². The number of hydrogen-bond acceptors (Lipinski definition) is 3. The maximum Gasteiger partial charge on any atom is 0.230 e. The first-order valence-corrected chi connectivity index (χ1v) is 6.30. The van der Waals surface area contributed by atoms with Crippen molar-refractivity contribution in [2.45, 2.75) is 32.6 Å². The molecule has 0 saturated heterocycles. The molecule has 0 atom stereocenters. The van der Waals surface area contributed by atoms with Gasteiger partial charge in [-0.25, -0.2) is 0 Å². The molecule has 1 aromatic rings. The quantitative estimate of drug-likeness (QED) is 0.808. The molecule has 4 nitrogen and oxygen atoms in total. The number of hydrogen-bond donors (Lipinski definition) is 2. The summed E-state index contributed by atoms with van der Waals surface area (Å²) in [5.74, 6) is 0.674. The molecule has 0 aliphatic heterocycles. The van der Waals surface area contributed by atoms with Gasteiger partial charge in [0.2, 0.25) is 5.91 Å². The SMILES string of the molecule is COc1cc(N)ccc1NC(=O)C1(C)CCCC1. The zero-order valence-electron chi connectivity index (χ0n) is 11.0. The number of benzene rings is 1. The lowest BCUT2D eigenvalue weighted by Crippen LogP contribution is -2.30. The predicted molar refractivity (Wildman–Crippen MR) is 72.6 cm³/mol.